The average molecular weight is 450 g/mol. The van der Waals surface area contributed by atoms with E-state index in [0.29, 0.717) is 34.0 Å². The number of benzene rings is 1. The topological polar surface area (TPSA) is 47.4 Å². The first-order valence-corrected chi connectivity index (χ1v) is 12.1. The third-order valence-corrected chi connectivity index (χ3v) is 7.98. The molecule has 3 atom stereocenters. The molecule has 0 amide bonds. The van der Waals surface area contributed by atoms with Crippen molar-refractivity contribution in [3.63, 3.8) is 0 Å². The minimum absolute atomic E-state index is 0.107. The number of piperidine rings is 1. The van der Waals surface area contributed by atoms with E-state index in [1.165, 1.54) is 41.1 Å². The van der Waals surface area contributed by atoms with E-state index in [4.69, 9.17) is 4.74 Å². The van der Waals surface area contributed by atoms with E-state index in [2.05, 4.69) is 28.8 Å². The van der Waals surface area contributed by atoms with Gasteiger partial charge >= 0.3 is 0 Å². The molecule has 2 aliphatic heterocycles. The molecule has 2 bridgehead atoms. The van der Waals surface area contributed by atoms with Crippen molar-refractivity contribution in [2.75, 3.05) is 7.05 Å². The van der Waals surface area contributed by atoms with Gasteiger partial charge in [-0.15, -0.1) is 11.3 Å². The smallest absolute Gasteiger partial charge is 0.275 e. The van der Waals surface area contributed by atoms with Gasteiger partial charge < -0.3 is 9.64 Å². The number of hydrogen-bond donors (Lipinski definition) is 0. The Labute approximate surface area is 189 Å². The number of aromatic nitrogens is 2. The Morgan fingerprint density at radius 2 is 1.94 bits per heavy atom. The van der Waals surface area contributed by atoms with Crippen LogP contribution < -0.4 is 10.3 Å². The van der Waals surface area contributed by atoms with Gasteiger partial charge in [-0.3, -0.25) is 9.36 Å². The van der Waals surface area contributed by atoms with Crippen LogP contribution in [0.1, 0.15) is 43.4 Å². The van der Waals surface area contributed by atoms with Crippen LogP contribution in [0.25, 0.3) is 15.9 Å². The minimum atomic E-state index is -0.494. The fourth-order valence-corrected chi connectivity index (χ4v) is 5.86. The molecule has 7 heteroatoms. The van der Waals surface area contributed by atoms with Crippen LogP contribution in [0, 0.1) is 23.6 Å². The quantitative estimate of drug-likeness (QED) is 0.558. The fraction of sp³-hybridized carbons (Fsp3) is 0.440. The lowest BCUT2D eigenvalue weighted by Gasteiger charge is -2.36. The van der Waals surface area contributed by atoms with Crippen molar-refractivity contribution >= 4 is 21.6 Å². The van der Waals surface area contributed by atoms with Gasteiger partial charge in [-0.2, -0.15) is 0 Å². The highest BCUT2D eigenvalue weighted by Crippen LogP contribution is 2.36. The van der Waals surface area contributed by atoms with E-state index in [1.54, 1.807) is 12.1 Å². The first-order chi connectivity index (χ1) is 15.5. The lowest BCUT2D eigenvalue weighted by Crippen LogP contribution is -2.43. The first-order valence-electron chi connectivity index (χ1n) is 11.3. The molecule has 0 spiro atoms. The molecule has 3 fully saturated rings. The summed E-state index contributed by atoms with van der Waals surface area (Å²) >= 11 is 1.32. The number of halogens is 1. The van der Waals surface area contributed by atoms with E-state index in [1.807, 2.05) is 6.07 Å². The van der Waals surface area contributed by atoms with Gasteiger partial charge in [0.15, 0.2) is 5.82 Å². The van der Waals surface area contributed by atoms with Crippen molar-refractivity contribution in [1.82, 2.24) is 14.5 Å². The van der Waals surface area contributed by atoms with Crippen LogP contribution in [0.4, 0.5) is 4.39 Å². The van der Waals surface area contributed by atoms with Crippen molar-refractivity contribution < 1.29 is 9.13 Å². The third kappa shape index (κ3) is 3.62. The molecular formula is C25H24FN3O2S. The molecule has 0 radical (unpaired) electrons. The van der Waals surface area contributed by atoms with Gasteiger partial charge in [-0.1, -0.05) is 11.8 Å². The predicted octanol–water partition coefficient (Wildman–Crippen LogP) is 4.35. The molecule has 1 aromatic carbocycles. The van der Waals surface area contributed by atoms with Gasteiger partial charge in [0.25, 0.3) is 5.56 Å². The molecule has 0 unspecified atom stereocenters. The Morgan fingerprint density at radius 3 is 2.66 bits per heavy atom. The highest BCUT2D eigenvalue weighted by molar-refractivity contribution is 7.19. The molecule has 5 nitrogen and oxygen atoms in total. The summed E-state index contributed by atoms with van der Waals surface area (Å²) in [5, 5.41) is 0. The molecule has 0 N–H and O–H groups in total. The summed E-state index contributed by atoms with van der Waals surface area (Å²) in [7, 11) is 2.19. The van der Waals surface area contributed by atoms with Gasteiger partial charge in [-0.05, 0) is 63.8 Å². The predicted molar refractivity (Wildman–Crippen MR) is 123 cm³/mol. The number of ether oxygens (including phenoxy) is 1. The molecule has 2 saturated heterocycles. The zero-order chi connectivity index (χ0) is 21.8. The maximum atomic E-state index is 15.0. The molecule has 164 valence electrons. The lowest BCUT2D eigenvalue weighted by molar-refractivity contribution is 0.0660. The van der Waals surface area contributed by atoms with Gasteiger partial charge in [0.1, 0.15) is 22.9 Å². The van der Waals surface area contributed by atoms with Gasteiger partial charge in [0, 0.05) is 24.1 Å². The Hall–Kier alpha value is -2.69. The monoisotopic (exact) mass is 449 g/mol. The Balaban J connectivity index is 1.25. The van der Waals surface area contributed by atoms with Crippen molar-refractivity contribution in [2.45, 2.75) is 56.7 Å². The summed E-state index contributed by atoms with van der Waals surface area (Å²) in [6.45, 7) is 0. The summed E-state index contributed by atoms with van der Waals surface area (Å²) in [5.41, 5.74) is 0.506. The highest BCUT2D eigenvalue weighted by Gasteiger charge is 2.39. The van der Waals surface area contributed by atoms with E-state index in [0.717, 1.165) is 30.6 Å². The molecule has 2 aromatic heterocycles. The van der Waals surface area contributed by atoms with Crippen molar-refractivity contribution in [3.05, 3.63) is 51.6 Å². The number of nitrogens with zero attached hydrogens (tertiary/aromatic N) is 3. The van der Waals surface area contributed by atoms with E-state index < -0.39 is 5.82 Å². The Morgan fingerprint density at radius 1 is 1.16 bits per heavy atom. The van der Waals surface area contributed by atoms with Crippen LogP contribution in [0.15, 0.2) is 35.4 Å². The molecule has 1 saturated carbocycles. The zero-order valence-corrected chi connectivity index (χ0v) is 18.7. The average Bonchev–Trinajstić information content (AvgIpc) is 3.47. The van der Waals surface area contributed by atoms with Gasteiger partial charge in [0.05, 0.1) is 16.1 Å². The number of hydrogen-bond acceptors (Lipinski definition) is 5. The maximum absolute atomic E-state index is 15.0. The summed E-state index contributed by atoms with van der Waals surface area (Å²) in [5.74, 6) is 6.85. The second kappa shape index (κ2) is 7.72. The van der Waals surface area contributed by atoms with E-state index in [9.17, 15) is 4.79 Å². The van der Waals surface area contributed by atoms with Crippen molar-refractivity contribution in [2.24, 2.45) is 5.92 Å². The first kappa shape index (κ1) is 20.0. The van der Waals surface area contributed by atoms with Gasteiger partial charge in [0.2, 0.25) is 0 Å². The van der Waals surface area contributed by atoms with Gasteiger partial charge in [-0.25, -0.2) is 9.37 Å². The van der Waals surface area contributed by atoms with Crippen LogP contribution in [0.5, 0.6) is 5.75 Å². The molecule has 6 rings (SSSR count). The largest absolute Gasteiger partial charge is 0.490 e. The fourth-order valence-electron chi connectivity index (χ4n) is 4.95. The summed E-state index contributed by atoms with van der Waals surface area (Å²) in [4.78, 5) is 20.7. The number of thiophene rings is 1. The molecule has 3 aliphatic rings. The SMILES string of the molecule is CN1[C@@H]2CC[C@H]1C[C@@H](Oc1ccc(-n3cnc4cc(C#CC5CC5)sc4c3=O)c(F)c1)C2. The molecular weight excluding hydrogens is 425 g/mol. The van der Waals surface area contributed by atoms with Crippen molar-refractivity contribution in [3.8, 4) is 23.3 Å². The van der Waals surface area contributed by atoms with E-state index in [-0.39, 0.29) is 17.4 Å². The zero-order valence-electron chi connectivity index (χ0n) is 17.9. The standard InChI is InChI=1S/C25H24FN3O2S/c1-28-16-5-6-17(28)11-19(10-16)31-18-7-9-23(21(26)12-18)29-14-27-22-13-20(8-4-15-2-3-15)32-24(22)25(29)30/h7,9,12-17,19H,2-3,5-6,10-11H2,1H3/t16-,17+,19+. The van der Waals surface area contributed by atoms with Crippen LogP contribution in [-0.2, 0) is 0 Å². The van der Waals surface area contributed by atoms with Crippen molar-refractivity contribution in [1.29, 1.82) is 0 Å². The summed E-state index contributed by atoms with van der Waals surface area (Å²) < 4.78 is 22.9. The second-order valence-electron chi connectivity index (χ2n) is 9.16. The normalized spacial score (nSPS) is 25.0. The maximum Gasteiger partial charge on any atom is 0.275 e. The molecule has 3 aromatic rings. The molecule has 1 aliphatic carbocycles. The van der Waals surface area contributed by atoms with Crippen LogP contribution >= 0.6 is 11.3 Å². The Bertz CT molecular complexity index is 1300. The molecule has 4 heterocycles. The lowest BCUT2D eigenvalue weighted by atomic mass is 10.0. The highest BCUT2D eigenvalue weighted by atomic mass is 32.1. The number of rotatable bonds is 3. The van der Waals surface area contributed by atoms with Crippen LogP contribution in [0.2, 0.25) is 0 Å². The minimum Gasteiger partial charge on any atom is -0.490 e. The summed E-state index contributed by atoms with van der Waals surface area (Å²) in [6.07, 6.45) is 8.18. The Kier molecular flexibility index (Phi) is 4.81. The summed E-state index contributed by atoms with van der Waals surface area (Å²) in [6, 6.07) is 7.68. The third-order valence-electron chi connectivity index (χ3n) is 6.95. The molecule has 32 heavy (non-hydrogen) atoms. The van der Waals surface area contributed by atoms with E-state index >= 15 is 4.39 Å². The van der Waals surface area contributed by atoms with Crippen LogP contribution in [-0.4, -0.2) is 39.7 Å². The second-order valence-corrected chi connectivity index (χ2v) is 10.2. The van der Waals surface area contributed by atoms with Crippen LogP contribution in [0.3, 0.4) is 0 Å². The number of fused-ring (bicyclic) bond motifs is 3.